The Balaban J connectivity index is 2.41. The van der Waals surface area contributed by atoms with Crippen LogP contribution in [0.15, 0.2) is 24.3 Å². The number of carbonyl (C=O) groups is 1. The van der Waals surface area contributed by atoms with Gasteiger partial charge in [0.15, 0.2) is 5.69 Å². The molecule has 0 aliphatic heterocycles. The molecule has 20 heavy (non-hydrogen) atoms. The number of hydrogen-bond acceptors (Lipinski definition) is 2. The fourth-order valence-corrected chi connectivity index (χ4v) is 2.65. The van der Waals surface area contributed by atoms with Crippen molar-refractivity contribution in [2.24, 2.45) is 7.05 Å². The molecule has 2 heterocycles. The van der Waals surface area contributed by atoms with Gasteiger partial charge < -0.3 is 14.7 Å². The van der Waals surface area contributed by atoms with E-state index < -0.39 is 5.97 Å². The third-order valence-electron chi connectivity index (χ3n) is 3.67. The molecule has 0 fully saturated rings. The molecular weight excluding hydrogens is 254 g/mol. The summed E-state index contributed by atoms with van der Waals surface area (Å²) < 4.78 is 2.06. The van der Waals surface area contributed by atoms with Crippen LogP contribution >= 0.6 is 0 Å². The number of hydrogen-bond donors (Lipinski definition) is 2. The molecular formula is C15H15N3O2. The van der Waals surface area contributed by atoms with Crippen molar-refractivity contribution in [2.45, 2.75) is 13.8 Å². The van der Waals surface area contributed by atoms with Crippen LogP contribution in [0.5, 0.6) is 0 Å². The summed E-state index contributed by atoms with van der Waals surface area (Å²) in [6.45, 7) is 3.74. The number of nitrogens with zero attached hydrogens (tertiary/aromatic N) is 2. The number of aromatic amines is 1. The summed E-state index contributed by atoms with van der Waals surface area (Å²) in [6, 6.07) is 7.93. The summed E-state index contributed by atoms with van der Waals surface area (Å²) in [5.41, 5.74) is 3.59. The lowest BCUT2D eigenvalue weighted by molar-refractivity contribution is 0.0692. The second-order valence-electron chi connectivity index (χ2n) is 4.89. The Hall–Kier alpha value is -2.56. The van der Waals surface area contributed by atoms with Crippen LogP contribution in [0, 0.1) is 13.8 Å². The predicted octanol–water partition coefficient (Wildman–Crippen LogP) is 2.88. The molecule has 1 aromatic carbocycles. The average molecular weight is 269 g/mol. The fourth-order valence-electron chi connectivity index (χ4n) is 2.65. The van der Waals surface area contributed by atoms with Crippen molar-refractivity contribution in [1.29, 1.82) is 0 Å². The van der Waals surface area contributed by atoms with Gasteiger partial charge in [-0.1, -0.05) is 18.2 Å². The van der Waals surface area contributed by atoms with Crippen molar-refractivity contribution >= 4 is 16.9 Å². The van der Waals surface area contributed by atoms with Gasteiger partial charge in [0.2, 0.25) is 0 Å². The number of imidazole rings is 1. The second-order valence-corrected chi connectivity index (χ2v) is 4.89. The van der Waals surface area contributed by atoms with Gasteiger partial charge in [0.1, 0.15) is 11.5 Å². The predicted molar refractivity (Wildman–Crippen MR) is 76.9 cm³/mol. The highest BCUT2D eigenvalue weighted by Crippen LogP contribution is 2.34. The number of para-hydroxylation sites is 1. The molecule has 2 aromatic heterocycles. The number of nitrogens with one attached hydrogen (secondary N) is 1. The summed E-state index contributed by atoms with van der Waals surface area (Å²) >= 11 is 0. The summed E-state index contributed by atoms with van der Waals surface area (Å²) in [7, 11) is 1.97. The molecule has 0 spiro atoms. The highest BCUT2D eigenvalue weighted by molar-refractivity contribution is 6.02. The summed E-state index contributed by atoms with van der Waals surface area (Å²) in [5, 5.41) is 10.3. The number of fused-ring (bicyclic) bond motifs is 1. The van der Waals surface area contributed by atoms with Gasteiger partial charge in [-0.05, 0) is 19.9 Å². The third kappa shape index (κ3) is 1.63. The number of aromatic carboxylic acids is 1. The van der Waals surface area contributed by atoms with E-state index >= 15 is 0 Å². The lowest BCUT2D eigenvalue weighted by Crippen LogP contribution is -2.00. The molecule has 5 heteroatoms. The first-order valence-electron chi connectivity index (χ1n) is 6.35. The van der Waals surface area contributed by atoms with Gasteiger partial charge in [0.05, 0.1) is 0 Å². The maximum atomic E-state index is 11.4. The number of H-pyrrole nitrogens is 1. The van der Waals surface area contributed by atoms with Gasteiger partial charge in [-0.25, -0.2) is 9.78 Å². The van der Waals surface area contributed by atoms with Crippen LogP contribution in [-0.4, -0.2) is 25.6 Å². The zero-order valence-corrected chi connectivity index (χ0v) is 11.6. The maximum absolute atomic E-state index is 11.4. The van der Waals surface area contributed by atoms with Crippen molar-refractivity contribution < 1.29 is 9.90 Å². The van der Waals surface area contributed by atoms with E-state index in [2.05, 4.69) is 14.5 Å². The Morgan fingerprint density at radius 1 is 1.30 bits per heavy atom. The van der Waals surface area contributed by atoms with E-state index in [1.165, 1.54) is 0 Å². The Morgan fingerprint density at radius 3 is 2.70 bits per heavy atom. The van der Waals surface area contributed by atoms with Gasteiger partial charge >= 0.3 is 5.97 Å². The quantitative estimate of drug-likeness (QED) is 0.751. The SMILES string of the molecule is Cc1nc(-c2c(C)n(C)c3ccccc23)c(C(=O)O)[nH]1. The topological polar surface area (TPSA) is 70.9 Å². The molecule has 0 amide bonds. The number of carboxylic acids is 1. The lowest BCUT2D eigenvalue weighted by Gasteiger charge is -2.01. The second kappa shape index (κ2) is 4.23. The van der Waals surface area contributed by atoms with Gasteiger partial charge in [-0.15, -0.1) is 0 Å². The van der Waals surface area contributed by atoms with E-state index in [9.17, 15) is 9.90 Å². The molecule has 0 saturated carbocycles. The Bertz CT molecular complexity index is 827. The summed E-state index contributed by atoms with van der Waals surface area (Å²) in [6.07, 6.45) is 0. The molecule has 0 bridgehead atoms. The number of rotatable bonds is 2. The number of aromatic nitrogens is 3. The molecule has 0 aliphatic rings. The van der Waals surface area contributed by atoms with Crippen molar-refractivity contribution in [3.63, 3.8) is 0 Å². The van der Waals surface area contributed by atoms with Crippen LogP contribution in [0.2, 0.25) is 0 Å². The van der Waals surface area contributed by atoms with Crippen molar-refractivity contribution in [3.05, 3.63) is 41.5 Å². The van der Waals surface area contributed by atoms with Gasteiger partial charge in [0.25, 0.3) is 0 Å². The highest BCUT2D eigenvalue weighted by Gasteiger charge is 2.22. The first kappa shape index (κ1) is 12.5. The van der Waals surface area contributed by atoms with Crippen molar-refractivity contribution in [2.75, 3.05) is 0 Å². The summed E-state index contributed by atoms with van der Waals surface area (Å²) in [5.74, 6) is -0.391. The minimum absolute atomic E-state index is 0.141. The van der Waals surface area contributed by atoms with Crippen molar-refractivity contribution in [3.8, 4) is 11.3 Å². The van der Waals surface area contributed by atoms with E-state index in [1.807, 2.05) is 38.2 Å². The first-order valence-corrected chi connectivity index (χ1v) is 6.35. The normalized spacial score (nSPS) is 11.2. The monoisotopic (exact) mass is 269 g/mol. The minimum Gasteiger partial charge on any atom is -0.477 e. The molecule has 3 aromatic rings. The number of benzene rings is 1. The number of aryl methyl sites for hydroxylation is 2. The fraction of sp³-hybridized carbons (Fsp3) is 0.200. The molecule has 0 unspecified atom stereocenters. The van der Waals surface area contributed by atoms with Crippen molar-refractivity contribution in [1.82, 2.24) is 14.5 Å². The molecule has 0 radical (unpaired) electrons. The summed E-state index contributed by atoms with van der Waals surface area (Å²) in [4.78, 5) is 18.6. The zero-order valence-electron chi connectivity index (χ0n) is 11.6. The lowest BCUT2D eigenvalue weighted by atomic mass is 10.1. The van der Waals surface area contributed by atoms with E-state index in [0.29, 0.717) is 11.5 Å². The van der Waals surface area contributed by atoms with Crippen LogP contribution in [0.25, 0.3) is 22.2 Å². The van der Waals surface area contributed by atoms with Crippen LogP contribution in [-0.2, 0) is 7.05 Å². The first-order chi connectivity index (χ1) is 9.50. The van der Waals surface area contributed by atoms with Gasteiger partial charge in [0, 0.05) is 29.2 Å². The third-order valence-corrected chi connectivity index (χ3v) is 3.67. The van der Waals surface area contributed by atoms with E-state index in [-0.39, 0.29) is 5.69 Å². The van der Waals surface area contributed by atoms with E-state index in [4.69, 9.17) is 0 Å². The van der Waals surface area contributed by atoms with Crippen LogP contribution < -0.4 is 0 Å². The average Bonchev–Trinajstić information content (AvgIpc) is 2.90. The van der Waals surface area contributed by atoms with E-state index in [1.54, 1.807) is 6.92 Å². The number of carboxylic acid groups (broad SMARTS) is 1. The molecule has 102 valence electrons. The standard InChI is InChI=1S/C15H15N3O2/c1-8-12(10-6-4-5-7-11(10)18(8)3)13-14(15(19)20)17-9(2)16-13/h4-7H,1-3H3,(H,16,17)(H,19,20). The molecule has 0 aliphatic carbocycles. The Morgan fingerprint density at radius 2 is 2.00 bits per heavy atom. The Labute approximate surface area is 115 Å². The van der Waals surface area contributed by atoms with Gasteiger partial charge in [-0.2, -0.15) is 0 Å². The minimum atomic E-state index is -0.993. The molecule has 0 atom stereocenters. The smallest absolute Gasteiger partial charge is 0.354 e. The van der Waals surface area contributed by atoms with Gasteiger partial charge in [-0.3, -0.25) is 0 Å². The highest BCUT2D eigenvalue weighted by atomic mass is 16.4. The van der Waals surface area contributed by atoms with Crippen LogP contribution in [0.4, 0.5) is 0 Å². The van der Waals surface area contributed by atoms with Crippen LogP contribution in [0.1, 0.15) is 22.0 Å². The molecule has 3 rings (SSSR count). The Kier molecular flexibility index (Phi) is 2.64. The maximum Gasteiger partial charge on any atom is 0.354 e. The molecule has 0 saturated heterocycles. The molecule has 2 N–H and O–H groups in total. The largest absolute Gasteiger partial charge is 0.477 e. The molecule has 5 nitrogen and oxygen atoms in total. The zero-order chi connectivity index (χ0) is 14.4. The van der Waals surface area contributed by atoms with E-state index in [0.717, 1.165) is 22.2 Å². The van der Waals surface area contributed by atoms with Crippen LogP contribution in [0.3, 0.4) is 0 Å².